The number of hydrogen-bond acceptors (Lipinski definition) is 5. The van der Waals surface area contributed by atoms with E-state index in [1.807, 2.05) is 6.92 Å². The van der Waals surface area contributed by atoms with E-state index >= 15 is 0 Å². The second-order valence-corrected chi connectivity index (χ2v) is 4.89. The van der Waals surface area contributed by atoms with Crippen LogP contribution in [0.1, 0.15) is 51.9 Å². The number of ketones is 2. The smallest absolute Gasteiger partial charge is 0.231 e. The topological polar surface area (TPSA) is 72.5 Å². The Morgan fingerprint density at radius 3 is 2.48 bits per heavy atom. The lowest BCUT2D eigenvalue weighted by Crippen LogP contribution is -2.19. The van der Waals surface area contributed by atoms with Gasteiger partial charge in [-0.05, 0) is 13.8 Å². The van der Waals surface area contributed by atoms with Crippen LogP contribution < -0.4 is 0 Å². The molecular formula is C18H14N2O3. The molecule has 0 saturated heterocycles. The first-order chi connectivity index (χ1) is 11.2. The van der Waals surface area contributed by atoms with E-state index in [0.717, 1.165) is 0 Å². The number of allylic oxidation sites excluding steroid dienone is 3. The third-order valence-corrected chi connectivity index (χ3v) is 3.42. The van der Waals surface area contributed by atoms with Gasteiger partial charge < -0.3 is 4.42 Å². The molecular weight excluding hydrogens is 292 g/mol. The Hall–Kier alpha value is -3.08. The molecule has 2 aromatic rings. The van der Waals surface area contributed by atoms with Gasteiger partial charge >= 0.3 is 0 Å². The SMILES string of the molecule is C\C=C/C(=C\N=C/C)c1nc2c(o1)C(=O)c1ccccc1C2=O. The van der Waals surface area contributed by atoms with Crippen molar-refractivity contribution in [1.82, 2.24) is 4.98 Å². The summed E-state index contributed by atoms with van der Waals surface area (Å²) in [6.07, 6.45) is 6.75. The van der Waals surface area contributed by atoms with Crippen molar-refractivity contribution in [1.29, 1.82) is 0 Å². The van der Waals surface area contributed by atoms with Crippen LogP contribution in [0.3, 0.4) is 0 Å². The molecule has 0 atom stereocenters. The van der Waals surface area contributed by atoms with E-state index in [9.17, 15) is 9.59 Å². The van der Waals surface area contributed by atoms with Gasteiger partial charge in [-0.25, -0.2) is 4.98 Å². The molecule has 1 aromatic heterocycles. The third kappa shape index (κ3) is 2.46. The van der Waals surface area contributed by atoms with Crippen LogP contribution in [0.2, 0.25) is 0 Å². The Labute approximate surface area is 133 Å². The predicted octanol–water partition coefficient (Wildman–Crippen LogP) is 3.46. The summed E-state index contributed by atoms with van der Waals surface area (Å²) in [7, 11) is 0. The van der Waals surface area contributed by atoms with Gasteiger partial charge in [0.05, 0.1) is 5.57 Å². The highest BCUT2D eigenvalue weighted by Crippen LogP contribution is 2.29. The van der Waals surface area contributed by atoms with Gasteiger partial charge in [-0.15, -0.1) is 0 Å². The van der Waals surface area contributed by atoms with Gasteiger partial charge in [0, 0.05) is 23.5 Å². The Bertz CT molecular complexity index is 833. The van der Waals surface area contributed by atoms with E-state index < -0.39 is 0 Å². The van der Waals surface area contributed by atoms with Gasteiger partial charge in [0.25, 0.3) is 0 Å². The molecule has 1 heterocycles. The Morgan fingerprint density at radius 1 is 1.13 bits per heavy atom. The first-order valence-electron chi connectivity index (χ1n) is 7.17. The number of hydrogen-bond donors (Lipinski definition) is 0. The van der Waals surface area contributed by atoms with Gasteiger partial charge in [-0.2, -0.15) is 0 Å². The zero-order valence-electron chi connectivity index (χ0n) is 12.7. The number of aromatic nitrogens is 1. The molecule has 1 aliphatic carbocycles. The second-order valence-electron chi connectivity index (χ2n) is 4.89. The maximum atomic E-state index is 12.5. The molecule has 0 saturated carbocycles. The van der Waals surface area contributed by atoms with E-state index in [1.165, 1.54) is 0 Å². The first kappa shape index (κ1) is 14.8. The van der Waals surface area contributed by atoms with Crippen molar-refractivity contribution in [3.63, 3.8) is 0 Å². The molecule has 3 rings (SSSR count). The number of oxazole rings is 1. The molecule has 23 heavy (non-hydrogen) atoms. The number of nitrogens with zero attached hydrogens (tertiary/aromatic N) is 2. The van der Waals surface area contributed by atoms with E-state index in [0.29, 0.717) is 16.7 Å². The van der Waals surface area contributed by atoms with Crippen molar-refractivity contribution in [3.05, 3.63) is 71.1 Å². The maximum absolute atomic E-state index is 12.5. The summed E-state index contributed by atoms with van der Waals surface area (Å²) in [6, 6.07) is 6.67. The lowest BCUT2D eigenvalue weighted by atomic mass is 9.91. The van der Waals surface area contributed by atoms with Crippen LogP contribution in [0.15, 0.2) is 52.0 Å². The number of benzene rings is 1. The van der Waals surface area contributed by atoms with E-state index in [2.05, 4.69) is 9.98 Å². The molecule has 0 N–H and O–H groups in total. The van der Waals surface area contributed by atoms with E-state index in [1.54, 1.807) is 55.8 Å². The zero-order chi connectivity index (χ0) is 16.4. The van der Waals surface area contributed by atoms with Crippen LogP contribution in [0, 0.1) is 0 Å². The van der Waals surface area contributed by atoms with Crippen LogP contribution in [0.25, 0.3) is 5.57 Å². The number of carbonyl (C=O) groups is 2. The van der Waals surface area contributed by atoms with Crippen LogP contribution in [0.4, 0.5) is 0 Å². The summed E-state index contributed by atoms with van der Waals surface area (Å²) in [6.45, 7) is 3.63. The predicted molar refractivity (Wildman–Crippen MR) is 86.8 cm³/mol. The van der Waals surface area contributed by atoms with Crippen molar-refractivity contribution in [3.8, 4) is 0 Å². The van der Waals surface area contributed by atoms with Crippen LogP contribution in [-0.4, -0.2) is 22.8 Å². The van der Waals surface area contributed by atoms with Crippen molar-refractivity contribution in [2.24, 2.45) is 4.99 Å². The van der Waals surface area contributed by atoms with Gasteiger partial charge in [-0.3, -0.25) is 14.6 Å². The minimum absolute atomic E-state index is 0.0143. The summed E-state index contributed by atoms with van der Waals surface area (Å²) < 4.78 is 5.58. The summed E-state index contributed by atoms with van der Waals surface area (Å²) >= 11 is 0. The van der Waals surface area contributed by atoms with E-state index in [4.69, 9.17) is 4.42 Å². The van der Waals surface area contributed by atoms with Crippen LogP contribution >= 0.6 is 0 Å². The standard InChI is InChI=1S/C18H14N2O3/c1-3-7-11(10-19-4-2)18-20-14-15(21)12-8-5-6-9-13(12)16(22)17(14)23-18/h3-10H,1-2H3/b7-3-,11-10+,19-4-. The quantitative estimate of drug-likeness (QED) is 0.548. The fourth-order valence-corrected chi connectivity index (χ4v) is 2.38. The third-order valence-electron chi connectivity index (χ3n) is 3.42. The summed E-state index contributed by atoms with van der Waals surface area (Å²) in [5.74, 6) is -0.440. The molecule has 114 valence electrons. The highest BCUT2D eigenvalue weighted by molar-refractivity contribution is 6.26. The fourth-order valence-electron chi connectivity index (χ4n) is 2.38. The molecule has 5 nitrogen and oxygen atoms in total. The minimum Gasteiger partial charge on any atom is -0.432 e. The summed E-state index contributed by atoms with van der Waals surface area (Å²) in [5.41, 5.74) is 1.34. The second kappa shape index (κ2) is 5.96. The fraction of sp³-hybridized carbons (Fsp3) is 0.111. The number of fused-ring (bicyclic) bond motifs is 2. The molecule has 1 aliphatic rings. The van der Waals surface area contributed by atoms with Crippen molar-refractivity contribution in [2.45, 2.75) is 13.8 Å². The molecule has 0 amide bonds. The normalized spacial score (nSPS) is 14.6. The maximum Gasteiger partial charge on any atom is 0.231 e. The van der Waals surface area contributed by atoms with Gasteiger partial charge in [-0.1, -0.05) is 36.4 Å². The average Bonchev–Trinajstić information content (AvgIpc) is 3.02. The van der Waals surface area contributed by atoms with Gasteiger partial charge in [0.2, 0.25) is 23.2 Å². The van der Waals surface area contributed by atoms with E-state index in [-0.39, 0.29) is 28.9 Å². The molecule has 1 aromatic carbocycles. The summed E-state index contributed by atoms with van der Waals surface area (Å²) in [4.78, 5) is 33.3. The van der Waals surface area contributed by atoms with Gasteiger partial charge in [0.15, 0.2) is 5.69 Å². The van der Waals surface area contributed by atoms with Gasteiger partial charge in [0.1, 0.15) is 0 Å². The average molecular weight is 306 g/mol. The molecule has 5 heteroatoms. The summed E-state index contributed by atoms with van der Waals surface area (Å²) in [5, 5.41) is 0. The molecule has 0 aliphatic heterocycles. The van der Waals surface area contributed by atoms with Crippen LogP contribution in [-0.2, 0) is 0 Å². The molecule has 0 fully saturated rings. The highest BCUT2D eigenvalue weighted by Gasteiger charge is 2.35. The Balaban J connectivity index is 2.14. The highest BCUT2D eigenvalue weighted by atomic mass is 16.4. The minimum atomic E-state index is -0.326. The molecule has 0 spiro atoms. The van der Waals surface area contributed by atoms with Crippen molar-refractivity contribution >= 4 is 23.4 Å². The first-order valence-corrected chi connectivity index (χ1v) is 7.17. The van der Waals surface area contributed by atoms with Crippen molar-refractivity contribution < 1.29 is 14.0 Å². The monoisotopic (exact) mass is 306 g/mol. The van der Waals surface area contributed by atoms with Crippen LogP contribution in [0.5, 0.6) is 0 Å². The number of carbonyl (C=O) groups excluding carboxylic acids is 2. The zero-order valence-corrected chi connectivity index (χ0v) is 12.7. The number of rotatable bonds is 3. The molecule has 0 unspecified atom stereocenters. The Kier molecular flexibility index (Phi) is 3.85. The Morgan fingerprint density at radius 2 is 1.83 bits per heavy atom. The molecule has 0 bridgehead atoms. The van der Waals surface area contributed by atoms with Crippen molar-refractivity contribution in [2.75, 3.05) is 0 Å². The lowest BCUT2D eigenvalue weighted by Gasteiger charge is -2.10. The molecule has 0 radical (unpaired) electrons. The number of aliphatic imine (C=N–C) groups is 1. The largest absolute Gasteiger partial charge is 0.432 e. The lowest BCUT2D eigenvalue weighted by molar-refractivity contribution is 0.0958.